The van der Waals surface area contributed by atoms with Gasteiger partial charge in [-0.05, 0) is 30.5 Å². The van der Waals surface area contributed by atoms with Crippen LogP contribution in [0.5, 0.6) is 5.88 Å². The Morgan fingerprint density at radius 2 is 1.85 bits per heavy atom. The van der Waals surface area contributed by atoms with Crippen molar-refractivity contribution in [2.45, 2.75) is 30.7 Å². The molecule has 0 unspecified atom stereocenters. The largest absolute Gasteiger partial charge is 0.425 e. The van der Waals surface area contributed by atoms with Crippen LogP contribution in [-0.2, 0) is 13.2 Å². The van der Waals surface area contributed by atoms with Crippen LogP contribution in [0.1, 0.15) is 28.8 Å². The number of aryl methyl sites for hydroxylation is 1. The molecule has 4 rings (SSSR count). The van der Waals surface area contributed by atoms with E-state index in [0.717, 1.165) is 19.4 Å². The maximum absolute atomic E-state index is 13.9. The van der Waals surface area contributed by atoms with E-state index in [0.29, 0.717) is 34.9 Å². The van der Waals surface area contributed by atoms with Crippen LogP contribution >= 0.6 is 11.6 Å². The van der Waals surface area contributed by atoms with Gasteiger partial charge in [-0.3, -0.25) is 9.18 Å². The number of hydrogen-bond donors (Lipinski definition) is 1. The van der Waals surface area contributed by atoms with Gasteiger partial charge in [-0.15, -0.1) is 5.10 Å². The normalized spacial score (nSPS) is 14.6. The number of benzene rings is 1. The van der Waals surface area contributed by atoms with E-state index < -0.39 is 53.1 Å². The van der Waals surface area contributed by atoms with Gasteiger partial charge in [-0.1, -0.05) is 17.7 Å². The van der Waals surface area contributed by atoms with Crippen LogP contribution in [0.4, 0.5) is 35.1 Å². The minimum absolute atomic E-state index is 0.0116. The zero-order valence-electron chi connectivity index (χ0n) is 20.3. The number of ether oxygens (including phenoxy) is 1. The molecule has 8 nitrogen and oxygen atoms in total. The lowest BCUT2D eigenvalue weighted by Gasteiger charge is -2.11. The van der Waals surface area contributed by atoms with E-state index >= 15 is 0 Å². The molecule has 1 aliphatic rings. The summed E-state index contributed by atoms with van der Waals surface area (Å²) in [4.78, 5) is 12.6. The molecule has 1 N–H and O–H groups in total. The molecule has 40 heavy (non-hydrogen) atoms. The van der Waals surface area contributed by atoms with Gasteiger partial charge in [0.05, 0.1) is 36.1 Å². The molecule has 1 amide bonds. The predicted molar refractivity (Wildman–Crippen MR) is 124 cm³/mol. The number of allylic oxidation sites excluding steroid dienone is 1. The standard InChI is InChI=1S/C22H14ClF7N6O2.CH3F/c1-35-19(16(22(28,29)30)18(34-35)38-15(24)7-21(25,26)27)36-9-12(8-32-36)11-2-3-14(23)13(6-11)17(37)33-20(10-31)4-5-20;1-2/h2-3,6-9H,4-5H2,1H3,(H,33,37);1H3/b15-7+;. The number of hydrogen-bond acceptors (Lipinski definition) is 5. The van der Waals surface area contributed by atoms with E-state index in [-0.39, 0.29) is 16.1 Å². The second kappa shape index (κ2) is 11.2. The lowest BCUT2D eigenvalue weighted by Crippen LogP contribution is -2.35. The van der Waals surface area contributed by atoms with Gasteiger partial charge in [-0.2, -0.15) is 41.1 Å². The highest BCUT2D eigenvalue weighted by Crippen LogP contribution is 2.41. The highest BCUT2D eigenvalue weighted by molar-refractivity contribution is 6.34. The van der Waals surface area contributed by atoms with Crippen LogP contribution in [0.2, 0.25) is 5.02 Å². The van der Waals surface area contributed by atoms with E-state index in [2.05, 4.69) is 20.3 Å². The van der Waals surface area contributed by atoms with Crippen molar-refractivity contribution in [1.29, 1.82) is 5.26 Å². The van der Waals surface area contributed by atoms with Crippen molar-refractivity contribution in [3.63, 3.8) is 0 Å². The Morgan fingerprint density at radius 1 is 1.20 bits per heavy atom. The van der Waals surface area contributed by atoms with Gasteiger partial charge >= 0.3 is 12.4 Å². The van der Waals surface area contributed by atoms with Crippen molar-refractivity contribution in [3.8, 4) is 28.9 Å². The Morgan fingerprint density at radius 3 is 2.40 bits per heavy atom. The molecule has 0 saturated heterocycles. The molecule has 1 aromatic carbocycles. The van der Waals surface area contributed by atoms with Crippen LogP contribution < -0.4 is 10.1 Å². The first-order valence-corrected chi connectivity index (χ1v) is 11.2. The number of carbonyl (C=O) groups is 1. The fraction of sp³-hybridized carbons (Fsp3) is 0.304. The highest BCUT2D eigenvalue weighted by atomic mass is 35.5. The molecular weight excluding hydrogens is 580 g/mol. The summed E-state index contributed by atoms with van der Waals surface area (Å²) in [5.74, 6) is -2.86. The minimum Gasteiger partial charge on any atom is -0.410 e. The maximum Gasteiger partial charge on any atom is 0.425 e. The number of aromatic nitrogens is 4. The van der Waals surface area contributed by atoms with Crippen molar-refractivity contribution in [3.05, 3.63) is 58.8 Å². The zero-order chi connectivity index (χ0) is 30.0. The van der Waals surface area contributed by atoms with Gasteiger partial charge in [0, 0.05) is 18.8 Å². The number of rotatable bonds is 6. The first-order valence-electron chi connectivity index (χ1n) is 10.9. The van der Waals surface area contributed by atoms with Crippen LogP contribution in [0, 0.1) is 11.3 Å². The van der Waals surface area contributed by atoms with E-state index in [1.165, 1.54) is 18.2 Å². The van der Waals surface area contributed by atoms with Crippen molar-refractivity contribution in [2.75, 3.05) is 7.18 Å². The Hall–Kier alpha value is -4.13. The molecule has 17 heteroatoms. The van der Waals surface area contributed by atoms with Gasteiger partial charge in [0.1, 0.15) is 5.54 Å². The number of nitrogens with zero attached hydrogens (tertiary/aromatic N) is 5. The molecule has 0 radical (unpaired) electrons. The average Bonchev–Trinajstić information content (AvgIpc) is 3.30. The van der Waals surface area contributed by atoms with Crippen LogP contribution in [0.25, 0.3) is 16.9 Å². The first kappa shape index (κ1) is 30.4. The quantitative estimate of drug-likeness (QED) is 0.275. The maximum atomic E-state index is 13.9. The van der Waals surface area contributed by atoms with Crippen molar-refractivity contribution >= 4 is 17.5 Å². The van der Waals surface area contributed by atoms with Crippen molar-refractivity contribution in [1.82, 2.24) is 24.9 Å². The predicted octanol–water partition coefficient (Wildman–Crippen LogP) is 6.07. The molecule has 0 spiro atoms. The molecule has 0 atom stereocenters. The second-order valence-electron chi connectivity index (χ2n) is 8.23. The monoisotopic (exact) mass is 596 g/mol. The van der Waals surface area contributed by atoms with Gasteiger partial charge in [-0.25, -0.2) is 9.36 Å². The van der Waals surface area contributed by atoms with E-state index in [4.69, 9.17) is 11.6 Å². The molecule has 1 fully saturated rings. The molecule has 0 aliphatic heterocycles. The number of alkyl halides is 7. The minimum atomic E-state index is -5.23. The summed E-state index contributed by atoms with van der Waals surface area (Å²) in [7, 11) is 1.53. The average molecular weight is 597 g/mol. The zero-order valence-corrected chi connectivity index (χ0v) is 21.1. The lowest BCUT2D eigenvalue weighted by atomic mass is 10.1. The van der Waals surface area contributed by atoms with Gasteiger partial charge < -0.3 is 10.1 Å². The molecule has 1 aliphatic carbocycles. The number of nitrogens with one attached hydrogen (secondary N) is 1. The molecule has 3 aromatic rings. The third-order valence-corrected chi connectivity index (χ3v) is 5.73. The fourth-order valence-corrected chi connectivity index (χ4v) is 3.67. The first-order chi connectivity index (χ1) is 18.6. The second-order valence-corrected chi connectivity index (χ2v) is 8.64. The van der Waals surface area contributed by atoms with E-state index in [1.807, 2.05) is 6.07 Å². The van der Waals surface area contributed by atoms with E-state index in [9.17, 15) is 45.2 Å². The summed E-state index contributed by atoms with van der Waals surface area (Å²) in [6.07, 6.45) is -8.13. The third-order valence-electron chi connectivity index (χ3n) is 5.40. The summed E-state index contributed by atoms with van der Waals surface area (Å²) >= 11 is 6.13. The highest BCUT2D eigenvalue weighted by Gasteiger charge is 2.45. The molecule has 214 valence electrons. The Labute approximate surface area is 225 Å². The number of carbonyl (C=O) groups excluding carboxylic acids is 1. The third kappa shape index (κ3) is 6.71. The lowest BCUT2D eigenvalue weighted by molar-refractivity contribution is -0.138. The Bertz CT molecular complexity index is 1480. The summed E-state index contributed by atoms with van der Waals surface area (Å²) < 4.78 is 107. The Kier molecular flexibility index (Phi) is 8.48. The van der Waals surface area contributed by atoms with Crippen LogP contribution in [-0.4, -0.2) is 44.4 Å². The van der Waals surface area contributed by atoms with Crippen LogP contribution in [0.15, 0.2) is 42.7 Å². The van der Waals surface area contributed by atoms with Crippen molar-refractivity contribution in [2.24, 2.45) is 7.05 Å². The SMILES string of the molecule is CF.Cn1nc(O/C(F)=C/C(F)(F)F)c(C(F)(F)F)c1-n1cc(-c2ccc(Cl)c(C(=O)NC3(C#N)CC3)c2)cn1. The summed E-state index contributed by atoms with van der Waals surface area (Å²) in [6, 6.07) is 3.86. The van der Waals surface area contributed by atoms with E-state index in [1.54, 1.807) is 0 Å². The van der Waals surface area contributed by atoms with Gasteiger partial charge in [0.2, 0.25) is 0 Å². The van der Waals surface area contributed by atoms with Gasteiger partial charge in [0.25, 0.3) is 17.8 Å². The number of amides is 1. The molecular formula is C23H17ClF8N6O2. The van der Waals surface area contributed by atoms with Crippen molar-refractivity contribution < 1.29 is 44.7 Å². The van der Waals surface area contributed by atoms with Gasteiger partial charge in [0.15, 0.2) is 11.4 Å². The summed E-state index contributed by atoms with van der Waals surface area (Å²) in [5, 5.41) is 19.1. The molecule has 1 saturated carbocycles. The molecule has 2 aromatic heterocycles. The number of nitriles is 1. The molecule has 2 heterocycles. The number of halogens is 9. The van der Waals surface area contributed by atoms with Crippen LogP contribution in [0.3, 0.4) is 0 Å². The fourth-order valence-electron chi connectivity index (χ4n) is 3.46. The Balaban J connectivity index is 0.00000216. The smallest absolute Gasteiger partial charge is 0.410 e. The molecule has 0 bridgehead atoms. The summed E-state index contributed by atoms with van der Waals surface area (Å²) in [6.45, 7) is 0. The summed E-state index contributed by atoms with van der Waals surface area (Å²) in [5.41, 5.74) is -2.10. The topological polar surface area (TPSA) is 97.8 Å².